The lowest BCUT2D eigenvalue weighted by atomic mass is 10.1. The fourth-order valence-electron chi connectivity index (χ4n) is 3.71. The number of benzene rings is 1. The molecule has 0 bridgehead atoms. The fraction of sp³-hybridized carbons (Fsp3) is 0.600. The standard InChI is InChI=1S/C20H29FN4O3/c1-2-28-20(27)25-9-7-17(8-10-25)22-19(26)15-23-11-13-24(14-12-23)18-5-3-16(21)4-6-18/h3-6,17H,2,7-15H2,1H3,(H,22,26). The van der Waals surface area contributed by atoms with Gasteiger partial charge in [0.15, 0.2) is 0 Å². The van der Waals surface area contributed by atoms with Crippen molar-refractivity contribution >= 4 is 17.7 Å². The number of carbonyl (C=O) groups is 2. The van der Waals surface area contributed by atoms with Gasteiger partial charge in [0.2, 0.25) is 5.91 Å². The number of anilines is 1. The van der Waals surface area contributed by atoms with Gasteiger partial charge in [0.25, 0.3) is 0 Å². The number of carbonyl (C=O) groups excluding carboxylic acids is 2. The van der Waals surface area contributed by atoms with Gasteiger partial charge in [0.1, 0.15) is 5.82 Å². The number of likely N-dealkylation sites (tertiary alicyclic amines) is 1. The van der Waals surface area contributed by atoms with Gasteiger partial charge in [0.05, 0.1) is 13.2 Å². The normalized spacial score (nSPS) is 18.8. The van der Waals surface area contributed by atoms with Crippen LogP contribution < -0.4 is 10.2 Å². The zero-order valence-electron chi connectivity index (χ0n) is 16.4. The first-order chi connectivity index (χ1) is 13.5. The van der Waals surface area contributed by atoms with Crippen LogP contribution in [-0.2, 0) is 9.53 Å². The van der Waals surface area contributed by atoms with Crippen LogP contribution in [0.2, 0.25) is 0 Å². The molecule has 0 atom stereocenters. The molecule has 0 aromatic heterocycles. The van der Waals surface area contributed by atoms with Crippen molar-refractivity contribution in [2.45, 2.75) is 25.8 Å². The number of ether oxygens (including phenoxy) is 1. The van der Waals surface area contributed by atoms with Crippen molar-refractivity contribution in [3.8, 4) is 0 Å². The van der Waals surface area contributed by atoms with Crippen LogP contribution in [0.15, 0.2) is 24.3 Å². The Labute approximate surface area is 165 Å². The van der Waals surface area contributed by atoms with Crippen molar-refractivity contribution in [1.82, 2.24) is 15.1 Å². The van der Waals surface area contributed by atoms with Crippen LogP contribution in [0, 0.1) is 5.82 Å². The van der Waals surface area contributed by atoms with E-state index in [0.717, 1.165) is 44.7 Å². The van der Waals surface area contributed by atoms with Crippen molar-refractivity contribution in [3.63, 3.8) is 0 Å². The zero-order valence-corrected chi connectivity index (χ0v) is 16.4. The topological polar surface area (TPSA) is 65.1 Å². The molecule has 0 saturated carbocycles. The predicted octanol–water partition coefficient (Wildman–Crippen LogP) is 1.68. The smallest absolute Gasteiger partial charge is 0.409 e. The van der Waals surface area contributed by atoms with Gasteiger partial charge in [-0.1, -0.05) is 0 Å². The molecule has 7 nitrogen and oxygen atoms in total. The Hall–Kier alpha value is -2.35. The Morgan fingerprint density at radius 1 is 1.07 bits per heavy atom. The third kappa shape index (κ3) is 5.58. The predicted molar refractivity (Wildman–Crippen MR) is 105 cm³/mol. The minimum Gasteiger partial charge on any atom is -0.450 e. The third-order valence-corrected chi connectivity index (χ3v) is 5.32. The van der Waals surface area contributed by atoms with Crippen molar-refractivity contribution in [2.75, 3.05) is 57.3 Å². The van der Waals surface area contributed by atoms with Crippen molar-refractivity contribution in [3.05, 3.63) is 30.1 Å². The highest BCUT2D eigenvalue weighted by Gasteiger charge is 2.25. The van der Waals surface area contributed by atoms with Gasteiger partial charge < -0.3 is 19.9 Å². The molecule has 2 fully saturated rings. The van der Waals surface area contributed by atoms with Crippen LogP contribution in [-0.4, -0.2) is 80.3 Å². The molecule has 154 valence electrons. The molecule has 1 aromatic carbocycles. The summed E-state index contributed by atoms with van der Waals surface area (Å²) in [5.74, 6) is -0.197. The van der Waals surface area contributed by atoms with E-state index in [0.29, 0.717) is 26.2 Å². The lowest BCUT2D eigenvalue weighted by Crippen LogP contribution is -2.52. The molecule has 2 amide bonds. The number of nitrogens with zero attached hydrogens (tertiary/aromatic N) is 3. The quantitative estimate of drug-likeness (QED) is 0.826. The van der Waals surface area contributed by atoms with E-state index in [1.807, 2.05) is 0 Å². The van der Waals surface area contributed by atoms with Gasteiger partial charge in [-0.2, -0.15) is 0 Å². The van der Waals surface area contributed by atoms with Crippen LogP contribution in [0.4, 0.5) is 14.9 Å². The Bertz CT molecular complexity index is 654. The van der Waals surface area contributed by atoms with E-state index < -0.39 is 0 Å². The minimum atomic E-state index is -0.272. The summed E-state index contributed by atoms with van der Waals surface area (Å²) in [6.07, 6.45) is 1.23. The summed E-state index contributed by atoms with van der Waals surface area (Å²) < 4.78 is 18.1. The fourth-order valence-corrected chi connectivity index (χ4v) is 3.71. The van der Waals surface area contributed by atoms with E-state index in [-0.39, 0.29) is 23.9 Å². The molecule has 1 aromatic rings. The first-order valence-corrected chi connectivity index (χ1v) is 9.99. The van der Waals surface area contributed by atoms with Crippen LogP contribution >= 0.6 is 0 Å². The molecule has 1 N–H and O–H groups in total. The molecule has 2 saturated heterocycles. The third-order valence-electron chi connectivity index (χ3n) is 5.32. The summed E-state index contributed by atoms with van der Waals surface area (Å²) in [4.78, 5) is 30.1. The van der Waals surface area contributed by atoms with Gasteiger partial charge in [-0.15, -0.1) is 0 Å². The lowest BCUT2D eigenvalue weighted by molar-refractivity contribution is -0.123. The highest BCUT2D eigenvalue weighted by atomic mass is 19.1. The summed E-state index contributed by atoms with van der Waals surface area (Å²) in [6.45, 7) is 7.01. The maximum atomic E-state index is 13.1. The Kier molecular flexibility index (Phi) is 7.08. The van der Waals surface area contributed by atoms with E-state index in [4.69, 9.17) is 4.74 Å². The number of halogens is 1. The van der Waals surface area contributed by atoms with Gasteiger partial charge >= 0.3 is 6.09 Å². The highest BCUT2D eigenvalue weighted by molar-refractivity contribution is 5.78. The van der Waals surface area contributed by atoms with E-state index in [1.165, 1.54) is 12.1 Å². The number of piperazine rings is 1. The van der Waals surface area contributed by atoms with Crippen LogP contribution in [0.1, 0.15) is 19.8 Å². The van der Waals surface area contributed by atoms with Gasteiger partial charge in [0, 0.05) is 51.0 Å². The zero-order chi connectivity index (χ0) is 19.9. The van der Waals surface area contributed by atoms with Crippen LogP contribution in [0.25, 0.3) is 0 Å². The van der Waals surface area contributed by atoms with E-state index in [9.17, 15) is 14.0 Å². The molecular formula is C20H29FN4O3. The second-order valence-electron chi connectivity index (χ2n) is 7.27. The molecule has 0 spiro atoms. The summed E-state index contributed by atoms with van der Waals surface area (Å²) in [5, 5.41) is 3.09. The number of hydrogen-bond donors (Lipinski definition) is 1. The molecule has 0 unspecified atom stereocenters. The Morgan fingerprint density at radius 2 is 1.71 bits per heavy atom. The van der Waals surface area contributed by atoms with Gasteiger partial charge in [-0.3, -0.25) is 9.69 Å². The Balaban J connectivity index is 1.36. The molecule has 2 heterocycles. The molecule has 8 heteroatoms. The molecule has 3 rings (SSSR count). The number of piperidine rings is 1. The lowest BCUT2D eigenvalue weighted by Gasteiger charge is -2.36. The number of nitrogens with one attached hydrogen (secondary N) is 1. The van der Waals surface area contributed by atoms with E-state index in [2.05, 4.69) is 15.1 Å². The SMILES string of the molecule is CCOC(=O)N1CCC(NC(=O)CN2CCN(c3ccc(F)cc3)CC2)CC1. The molecule has 0 radical (unpaired) electrons. The van der Waals surface area contributed by atoms with Crippen LogP contribution in [0.5, 0.6) is 0 Å². The summed E-state index contributed by atoms with van der Waals surface area (Å²) in [6, 6.07) is 6.64. The van der Waals surface area contributed by atoms with Gasteiger partial charge in [-0.25, -0.2) is 9.18 Å². The second-order valence-corrected chi connectivity index (χ2v) is 7.27. The van der Waals surface area contributed by atoms with Crippen LogP contribution in [0.3, 0.4) is 0 Å². The second kappa shape index (κ2) is 9.73. The monoisotopic (exact) mass is 392 g/mol. The van der Waals surface area contributed by atoms with E-state index in [1.54, 1.807) is 24.0 Å². The highest BCUT2D eigenvalue weighted by Crippen LogP contribution is 2.17. The Morgan fingerprint density at radius 3 is 2.32 bits per heavy atom. The maximum absolute atomic E-state index is 13.1. The molecular weight excluding hydrogens is 363 g/mol. The number of amides is 2. The van der Waals surface area contributed by atoms with Crippen molar-refractivity contribution in [2.24, 2.45) is 0 Å². The molecule has 2 aliphatic heterocycles. The van der Waals surface area contributed by atoms with E-state index >= 15 is 0 Å². The van der Waals surface area contributed by atoms with Gasteiger partial charge in [-0.05, 0) is 44.0 Å². The molecule has 2 aliphatic rings. The largest absolute Gasteiger partial charge is 0.450 e. The van der Waals surface area contributed by atoms with Crippen molar-refractivity contribution < 1.29 is 18.7 Å². The average Bonchev–Trinajstić information content (AvgIpc) is 2.70. The van der Waals surface area contributed by atoms with Crippen molar-refractivity contribution in [1.29, 1.82) is 0 Å². The summed E-state index contributed by atoms with van der Waals surface area (Å²) in [5.41, 5.74) is 1.01. The minimum absolute atomic E-state index is 0.0322. The maximum Gasteiger partial charge on any atom is 0.409 e. The molecule has 0 aliphatic carbocycles. The average molecular weight is 392 g/mol. The first-order valence-electron chi connectivity index (χ1n) is 9.99. The summed E-state index contributed by atoms with van der Waals surface area (Å²) in [7, 11) is 0. The first kappa shape index (κ1) is 20.4. The number of hydrogen-bond acceptors (Lipinski definition) is 5. The molecule has 28 heavy (non-hydrogen) atoms. The number of rotatable bonds is 5. The summed E-state index contributed by atoms with van der Waals surface area (Å²) >= 11 is 0.